The first kappa shape index (κ1) is 12.2. The highest BCUT2D eigenvalue weighted by Crippen LogP contribution is 2.30. The van der Waals surface area contributed by atoms with E-state index in [1.54, 1.807) is 11.3 Å². The van der Waals surface area contributed by atoms with Gasteiger partial charge < -0.3 is 10.4 Å². The van der Waals surface area contributed by atoms with E-state index in [2.05, 4.69) is 28.2 Å². The van der Waals surface area contributed by atoms with Crippen LogP contribution in [0, 0.1) is 6.92 Å². The smallest absolute Gasteiger partial charge is 0.101 e. The molecule has 1 heterocycles. The van der Waals surface area contributed by atoms with Gasteiger partial charge in [0.05, 0.1) is 0 Å². The van der Waals surface area contributed by atoms with Crippen LogP contribution in [0.1, 0.15) is 29.2 Å². The number of aryl methyl sites for hydroxylation is 1. The van der Waals surface area contributed by atoms with Crippen molar-refractivity contribution in [2.24, 2.45) is 0 Å². The summed E-state index contributed by atoms with van der Waals surface area (Å²) in [7, 11) is 0. The summed E-state index contributed by atoms with van der Waals surface area (Å²) in [6, 6.07) is 2.00. The van der Waals surface area contributed by atoms with Gasteiger partial charge in [-0.1, -0.05) is 6.92 Å². The maximum atomic E-state index is 9.81. The molecule has 1 rings (SSSR count). The molecule has 1 atom stereocenters. The highest BCUT2D eigenvalue weighted by Gasteiger charge is 2.11. The molecule has 0 bridgehead atoms. The first-order chi connectivity index (χ1) is 6.65. The van der Waals surface area contributed by atoms with Gasteiger partial charge in [-0.2, -0.15) is 0 Å². The molecule has 0 radical (unpaired) electrons. The predicted octanol–water partition coefficient (Wildman–Crippen LogP) is 2.85. The number of thiophene rings is 1. The van der Waals surface area contributed by atoms with Crippen molar-refractivity contribution in [1.82, 2.24) is 5.32 Å². The topological polar surface area (TPSA) is 32.3 Å². The maximum Gasteiger partial charge on any atom is 0.101 e. The van der Waals surface area contributed by atoms with E-state index in [1.807, 2.05) is 13.0 Å². The van der Waals surface area contributed by atoms with Gasteiger partial charge in [-0.3, -0.25) is 0 Å². The zero-order valence-corrected chi connectivity index (χ0v) is 10.9. The van der Waals surface area contributed by atoms with Crippen LogP contribution < -0.4 is 5.32 Å². The molecule has 0 aromatic carbocycles. The van der Waals surface area contributed by atoms with Gasteiger partial charge in [-0.15, -0.1) is 11.3 Å². The second kappa shape index (κ2) is 5.85. The van der Waals surface area contributed by atoms with E-state index in [9.17, 15) is 5.11 Å². The molecule has 0 amide bonds. The molecule has 4 heteroatoms. The van der Waals surface area contributed by atoms with Gasteiger partial charge in [-0.25, -0.2) is 0 Å². The third-order valence-corrected chi connectivity index (χ3v) is 4.21. The number of rotatable bonds is 5. The Morgan fingerprint density at radius 3 is 2.86 bits per heavy atom. The Morgan fingerprint density at radius 2 is 2.36 bits per heavy atom. The molecule has 2 N–H and O–H groups in total. The van der Waals surface area contributed by atoms with E-state index in [0.29, 0.717) is 6.54 Å². The number of hydrogen-bond acceptors (Lipinski definition) is 3. The average molecular weight is 278 g/mol. The van der Waals surface area contributed by atoms with Crippen molar-refractivity contribution in [1.29, 1.82) is 0 Å². The largest absolute Gasteiger partial charge is 0.386 e. The molecular formula is C10H16BrNOS. The number of halogens is 1. The molecule has 0 saturated carbocycles. The second-order valence-electron chi connectivity index (χ2n) is 3.27. The molecule has 1 aromatic rings. The molecule has 1 aromatic heterocycles. The van der Waals surface area contributed by atoms with Gasteiger partial charge in [-0.05, 0) is 41.9 Å². The fourth-order valence-electron chi connectivity index (χ4n) is 1.16. The van der Waals surface area contributed by atoms with Crippen molar-refractivity contribution in [3.63, 3.8) is 0 Å². The lowest BCUT2D eigenvalue weighted by Gasteiger charge is -2.08. The average Bonchev–Trinajstić information content (AvgIpc) is 2.47. The third-order valence-electron chi connectivity index (χ3n) is 1.97. The third kappa shape index (κ3) is 3.35. The number of nitrogens with one attached hydrogen (secondary N) is 1. The van der Waals surface area contributed by atoms with Crippen molar-refractivity contribution < 1.29 is 5.11 Å². The Morgan fingerprint density at radius 1 is 1.64 bits per heavy atom. The van der Waals surface area contributed by atoms with Crippen LogP contribution in [0.15, 0.2) is 10.5 Å². The van der Waals surface area contributed by atoms with Gasteiger partial charge in [0.25, 0.3) is 0 Å². The normalized spacial score (nSPS) is 13.1. The van der Waals surface area contributed by atoms with E-state index < -0.39 is 0 Å². The van der Waals surface area contributed by atoms with Crippen molar-refractivity contribution >= 4 is 27.3 Å². The van der Waals surface area contributed by atoms with Crippen molar-refractivity contribution in [3.05, 3.63) is 20.3 Å². The molecule has 14 heavy (non-hydrogen) atoms. The Labute approximate surface area is 97.5 Å². The lowest BCUT2D eigenvalue weighted by molar-refractivity contribution is 0.178. The van der Waals surface area contributed by atoms with E-state index >= 15 is 0 Å². The Hall–Kier alpha value is 0.1000. The summed E-state index contributed by atoms with van der Waals surface area (Å²) in [6.45, 7) is 5.76. The molecule has 2 nitrogen and oxygen atoms in total. The lowest BCUT2D eigenvalue weighted by Crippen LogP contribution is -2.21. The molecule has 0 saturated heterocycles. The number of aliphatic hydroxyl groups excluding tert-OH is 1. The molecule has 0 spiro atoms. The molecule has 0 aliphatic heterocycles. The van der Waals surface area contributed by atoms with Crippen molar-refractivity contribution in [2.75, 3.05) is 13.1 Å². The van der Waals surface area contributed by atoms with Crippen LogP contribution in [0.3, 0.4) is 0 Å². The highest BCUT2D eigenvalue weighted by atomic mass is 79.9. The number of hydrogen-bond donors (Lipinski definition) is 2. The first-order valence-electron chi connectivity index (χ1n) is 4.79. The van der Waals surface area contributed by atoms with E-state index in [1.165, 1.54) is 4.88 Å². The molecule has 0 aliphatic carbocycles. The zero-order valence-electron chi connectivity index (χ0n) is 8.51. The van der Waals surface area contributed by atoms with Crippen LogP contribution in [0.5, 0.6) is 0 Å². The molecular weight excluding hydrogens is 262 g/mol. The summed E-state index contributed by atoms with van der Waals surface area (Å²) in [4.78, 5) is 2.24. The quantitative estimate of drug-likeness (QED) is 0.812. The summed E-state index contributed by atoms with van der Waals surface area (Å²) in [5.74, 6) is 0. The highest BCUT2D eigenvalue weighted by molar-refractivity contribution is 9.10. The summed E-state index contributed by atoms with van der Waals surface area (Å²) < 4.78 is 1.09. The molecule has 0 aliphatic rings. The van der Waals surface area contributed by atoms with Gasteiger partial charge in [0.2, 0.25) is 0 Å². The van der Waals surface area contributed by atoms with Crippen molar-refractivity contribution in [2.45, 2.75) is 26.4 Å². The van der Waals surface area contributed by atoms with Crippen LogP contribution in [0.2, 0.25) is 0 Å². The molecule has 0 fully saturated rings. The van der Waals surface area contributed by atoms with Gasteiger partial charge >= 0.3 is 0 Å². The van der Waals surface area contributed by atoms with E-state index in [4.69, 9.17) is 0 Å². The molecule has 1 unspecified atom stereocenters. The van der Waals surface area contributed by atoms with Crippen LogP contribution >= 0.6 is 27.3 Å². The van der Waals surface area contributed by atoms with Gasteiger partial charge in [0.1, 0.15) is 6.10 Å². The lowest BCUT2D eigenvalue weighted by atomic mass is 10.3. The summed E-state index contributed by atoms with van der Waals surface area (Å²) >= 11 is 5.09. The Balaban J connectivity index is 2.47. The zero-order chi connectivity index (χ0) is 10.6. The minimum atomic E-state index is -0.378. The minimum absolute atomic E-state index is 0.378. The summed E-state index contributed by atoms with van der Waals surface area (Å²) in [5.41, 5.74) is 0. The van der Waals surface area contributed by atoms with Gasteiger partial charge in [0.15, 0.2) is 0 Å². The second-order valence-corrected chi connectivity index (χ2v) is 5.42. The van der Waals surface area contributed by atoms with Gasteiger partial charge in [0, 0.05) is 20.8 Å². The minimum Gasteiger partial charge on any atom is -0.386 e. The van der Waals surface area contributed by atoms with Crippen LogP contribution in [0.25, 0.3) is 0 Å². The Bertz CT molecular complexity index is 268. The SMILES string of the molecule is CCCNCC(O)c1cc(Br)c(C)s1. The predicted molar refractivity (Wildman–Crippen MR) is 64.9 cm³/mol. The fourth-order valence-corrected chi connectivity index (χ4v) is 2.71. The number of aliphatic hydroxyl groups is 1. The summed E-state index contributed by atoms with van der Waals surface area (Å²) in [6.07, 6.45) is 0.719. The first-order valence-corrected chi connectivity index (χ1v) is 6.40. The Kier molecular flexibility index (Phi) is 5.09. The fraction of sp³-hybridized carbons (Fsp3) is 0.600. The monoisotopic (exact) mass is 277 g/mol. The van der Waals surface area contributed by atoms with Crippen molar-refractivity contribution in [3.8, 4) is 0 Å². The van der Waals surface area contributed by atoms with Crippen LogP contribution in [-0.2, 0) is 0 Å². The van der Waals surface area contributed by atoms with E-state index in [-0.39, 0.29) is 6.10 Å². The summed E-state index contributed by atoms with van der Waals surface area (Å²) in [5, 5.41) is 13.0. The van der Waals surface area contributed by atoms with Crippen LogP contribution in [0.4, 0.5) is 0 Å². The standard InChI is InChI=1S/C10H16BrNOS/c1-3-4-12-6-9(13)10-5-8(11)7(2)14-10/h5,9,12-13H,3-4,6H2,1-2H3. The van der Waals surface area contributed by atoms with E-state index in [0.717, 1.165) is 22.3 Å². The maximum absolute atomic E-state index is 9.81. The molecule has 80 valence electrons. The van der Waals surface area contributed by atoms with Crippen LogP contribution in [-0.4, -0.2) is 18.2 Å².